The first-order chi connectivity index (χ1) is 14.8. The van der Waals surface area contributed by atoms with Crippen LogP contribution in [0.5, 0.6) is 0 Å². The van der Waals surface area contributed by atoms with Gasteiger partial charge in [-0.1, -0.05) is 23.4 Å². The lowest BCUT2D eigenvalue weighted by Gasteiger charge is -2.06. The standard InChI is InChI=1S/C21H21N5O4S/c1-12-19(13(2)30-26-12)15-6-9-18-17(10-15)20(25-24-18)21(27)23-16-7-4-14(5-8-16)11-31(28,29)22-3/h4-10,22H,11H2,1-3H3,(H,23,27)(H,24,25). The molecule has 0 spiro atoms. The number of rotatable bonds is 6. The molecule has 4 aromatic rings. The molecule has 2 aromatic heterocycles. The molecule has 2 heterocycles. The fourth-order valence-corrected chi connectivity index (χ4v) is 4.18. The van der Waals surface area contributed by atoms with Gasteiger partial charge in [-0.2, -0.15) is 5.10 Å². The van der Waals surface area contributed by atoms with Crippen LogP contribution in [0.2, 0.25) is 0 Å². The topological polar surface area (TPSA) is 130 Å². The van der Waals surface area contributed by atoms with Crippen molar-refractivity contribution < 1.29 is 17.7 Å². The van der Waals surface area contributed by atoms with Crippen LogP contribution >= 0.6 is 0 Å². The van der Waals surface area contributed by atoms with E-state index in [1.54, 1.807) is 24.3 Å². The van der Waals surface area contributed by atoms with E-state index in [1.165, 1.54) is 7.05 Å². The van der Waals surface area contributed by atoms with E-state index >= 15 is 0 Å². The normalized spacial score (nSPS) is 11.7. The van der Waals surface area contributed by atoms with Gasteiger partial charge in [-0.15, -0.1) is 0 Å². The highest BCUT2D eigenvalue weighted by Crippen LogP contribution is 2.30. The Morgan fingerprint density at radius 1 is 1.13 bits per heavy atom. The van der Waals surface area contributed by atoms with E-state index in [0.717, 1.165) is 22.3 Å². The van der Waals surface area contributed by atoms with Crippen molar-refractivity contribution in [2.45, 2.75) is 19.6 Å². The SMILES string of the molecule is CNS(=O)(=O)Cc1ccc(NC(=O)c2n[nH]c3ccc(-c4c(C)noc4C)cc23)cc1. The maximum absolute atomic E-state index is 12.9. The van der Waals surface area contributed by atoms with E-state index in [0.29, 0.717) is 22.4 Å². The molecule has 0 fully saturated rings. The molecule has 2 aromatic carbocycles. The number of aromatic amines is 1. The fourth-order valence-electron chi connectivity index (χ4n) is 3.40. The average molecular weight is 439 g/mol. The predicted octanol–water partition coefficient (Wildman–Crippen LogP) is 3.14. The summed E-state index contributed by atoms with van der Waals surface area (Å²) in [6.45, 7) is 3.71. The summed E-state index contributed by atoms with van der Waals surface area (Å²) in [5.74, 6) is 0.191. The van der Waals surface area contributed by atoms with Crippen LogP contribution in [0.25, 0.3) is 22.0 Å². The first kappa shape index (κ1) is 20.8. The van der Waals surface area contributed by atoms with Crippen molar-refractivity contribution in [1.82, 2.24) is 20.1 Å². The molecule has 0 unspecified atom stereocenters. The van der Waals surface area contributed by atoms with Crippen LogP contribution in [-0.4, -0.2) is 36.7 Å². The van der Waals surface area contributed by atoms with Gasteiger partial charge in [0.15, 0.2) is 5.69 Å². The van der Waals surface area contributed by atoms with Crippen LogP contribution in [0.1, 0.15) is 27.5 Å². The molecule has 0 saturated heterocycles. The highest BCUT2D eigenvalue weighted by Gasteiger charge is 2.18. The molecule has 0 saturated carbocycles. The lowest BCUT2D eigenvalue weighted by atomic mass is 10.0. The van der Waals surface area contributed by atoms with Gasteiger partial charge in [0, 0.05) is 16.6 Å². The van der Waals surface area contributed by atoms with E-state index in [-0.39, 0.29) is 17.4 Å². The first-order valence-electron chi connectivity index (χ1n) is 9.50. The maximum atomic E-state index is 12.9. The number of aromatic nitrogens is 3. The van der Waals surface area contributed by atoms with Crippen molar-refractivity contribution in [3.8, 4) is 11.1 Å². The molecule has 31 heavy (non-hydrogen) atoms. The van der Waals surface area contributed by atoms with E-state index < -0.39 is 10.0 Å². The van der Waals surface area contributed by atoms with Gasteiger partial charge in [0.1, 0.15) is 5.76 Å². The molecule has 9 nitrogen and oxygen atoms in total. The molecule has 0 aliphatic rings. The number of aryl methyl sites for hydroxylation is 2. The van der Waals surface area contributed by atoms with Gasteiger partial charge in [0.25, 0.3) is 5.91 Å². The summed E-state index contributed by atoms with van der Waals surface area (Å²) in [6.07, 6.45) is 0. The lowest BCUT2D eigenvalue weighted by molar-refractivity contribution is 0.102. The summed E-state index contributed by atoms with van der Waals surface area (Å²) in [6, 6.07) is 12.3. The van der Waals surface area contributed by atoms with Gasteiger partial charge in [-0.25, -0.2) is 13.1 Å². The summed E-state index contributed by atoms with van der Waals surface area (Å²) in [4.78, 5) is 12.9. The molecule has 0 atom stereocenters. The minimum absolute atomic E-state index is 0.133. The Morgan fingerprint density at radius 2 is 1.87 bits per heavy atom. The van der Waals surface area contributed by atoms with Crippen LogP contribution in [0, 0.1) is 13.8 Å². The largest absolute Gasteiger partial charge is 0.361 e. The number of amides is 1. The van der Waals surface area contributed by atoms with Crippen LogP contribution in [0.3, 0.4) is 0 Å². The van der Waals surface area contributed by atoms with Crippen LogP contribution < -0.4 is 10.0 Å². The monoisotopic (exact) mass is 439 g/mol. The van der Waals surface area contributed by atoms with Crippen molar-refractivity contribution in [2.24, 2.45) is 0 Å². The quantitative estimate of drug-likeness (QED) is 0.423. The molecule has 10 heteroatoms. The fraction of sp³-hybridized carbons (Fsp3) is 0.190. The average Bonchev–Trinajstić information content (AvgIpc) is 3.31. The number of nitrogens with one attached hydrogen (secondary N) is 3. The molecular formula is C21H21N5O4S. The summed E-state index contributed by atoms with van der Waals surface area (Å²) in [5, 5.41) is 14.5. The third-order valence-corrected chi connectivity index (χ3v) is 6.31. The molecule has 1 amide bonds. The number of anilines is 1. The predicted molar refractivity (Wildman–Crippen MR) is 117 cm³/mol. The Labute approximate surface area is 178 Å². The summed E-state index contributed by atoms with van der Waals surface area (Å²) in [5.41, 5.74) is 4.68. The van der Waals surface area contributed by atoms with E-state index in [9.17, 15) is 13.2 Å². The Kier molecular flexibility index (Phi) is 5.34. The third kappa shape index (κ3) is 4.21. The first-order valence-corrected chi connectivity index (χ1v) is 11.2. The summed E-state index contributed by atoms with van der Waals surface area (Å²) < 4.78 is 30.9. The number of nitrogens with zero attached hydrogens (tertiary/aromatic N) is 2. The molecule has 160 valence electrons. The molecule has 0 radical (unpaired) electrons. The molecule has 0 aliphatic heterocycles. The zero-order valence-electron chi connectivity index (χ0n) is 17.2. The van der Waals surface area contributed by atoms with Gasteiger partial charge in [0.05, 0.1) is 17.0 Å². The van der Waals surface area contributed by atoms with Crippen LogP contribution in [-0.2, 0) is 15.8 Å². The second-order valence-corrected chi connectivity index (χ2v) is 9.07. The number of carbonyl (C=O) groups is 1. The second-order valence-electron chi connectivity index (χ2n) is 7.15. The number of sulfonamides is 1. The number of hydrogen-bond donors (Lipinski definition) is 3. The van der Waals surface area contributed by atoms with E-state index in [1.807, 2.05) is 32.0 Å². The van der Waals surface area contributed by atoms with Gasteiger partial charge in [-0.05, 0) is 56.3 Å². The van der Waals surface area contributed by atoms with Gasteiger partial charge in [-0.3, -0.25) is 9.89 Å². The third-order valence-electron chi connectivity index (χ3n) is 4.98. The molecule has 3 N–H and O–H groups in total. The molecular weight excluding hydrogens is 418 g/mol. The van der Waals surface area contributed by atoms with Crippen molar-refractivity contribution in [3.63, 3.8) is 0 Å². The van der Waals surface area contributed by atoms with Gasteiger partial charge < -0.3 is 9.84 Å². The van der Waals surface area contributed by atoms with Crippen molar-refractivity contribution in [2.75, 3.05) is 12.4 Å². The summed E-state index contributed by atoms with van der Waals surface area (Å²) >= 11 is 0. The highest BCUT2D eigenvalue weighted by molar-refractivity contribution is 7.88. The van der Waals surface area contributed by atoms with Crippen molar-refractivity contribution >= 4 is 32.5 Å². The molecule has 0 aliphatic carbocycles. The Hall–Kier alpha value is -3.50. The lowest BCUT2D eigenvalue weighted by Crippen LogP contribution is -2.20. The molecule has 0 bridgehead atoms. The van der Waals surface area contributed by atoms with Crippen LogP contribution in [0.15, 0.2) is 47.0 Å². The minimum Gasteiger partial charge on any atom is -0.361 e. The number of fused-ring (bicyclic) bond motifs is 1. The maximum Gasteiger partial charge on any atom is 0.276 e. The zero-order valence-corrected chi connectivity index (χ0v) is 18.0. The molecule has 4 rings (SSSR count). The Morgan fingerprint density at radius 3 is 2.52 bits per heavy atom. The number of carbonyl (C=O) groups excluding carboxylic acids is 1. The Bertz CT molecular complexity index is 1350. The number of hydrogen-bond acceptors (Lipinski definition) is 6. The Balaban J connectivity index is 1.59. The summed E-state index contributed by atoms with van der Waals surface area (Å²) in [7, 11) is -1.99. The van der Waals surface area contributed by atoms with Gasteiger partial charge >= 0.3 is 0 Å². The van der Waals surface area contributed by atoms with Crippen molar-refractivity contribution in [1.29, 1.82) is 0 Å². The van der Waals surface area contributed by atoms with Gasteiger partial charge in [0.2, 0.25) is 10.0 Å². The van der Waals surface area contributed by atoms with E-state index in [4.69, 9.17) is 4.52 Å². The second kappa shape index (κ2) is 7.97. The minimum atomic E-state index is -3.36. The number of benzene rings is 2. The zero-order chi connectivity index (χ0) is 22.2. The smallest absolute Gasteiger partial charge is 0.276 e. The highest BCUT2D eigenvalue weighted by atomic mass is 32.2. The van der Waals surface area contributed by atoms with Crippen LogP contribution in [0.4, 0.5) is 5.69 Å². The number of H-pyrrole nitrogens is 1. The van der Waals surface area contributed by atoms with Crippen molar-refractivity contribution in [3.05, 3.63) is 65.2 Å². The van der Waals surface area contributed by atoms with E-state index in [2.05, 4.69) is 25.4 Å².